The summed E-state index contributed by atoms with van der Waals surface area (Å²) < 4.78 is 0. The Labute approximate surface area is 184 Å². The molecule has 162 valence electrons. The fourth-order valence-electron chi connectivity index (χ4n) is 5.94. The summed E-state index contributed by atoms with van der Waals surface area (Å²) in [5, 5.41) is 0. The maximum absolute atomic E-state index is 12.8. The molecule has 5 nitrogen and oxygen atoms in total. The fourth-order valence-corrected chi connectivity index (χ4v) is 5.94. The van der Waals surface area contributed by atoms with Gasteiger partial charge in [0, 0.05) is 43.5 Å². The number of hydrogen-bond donors (Lipinski definition) is 1. The van der Waals surface area contributed by atoms with Gasteiger partial charge >= 0.3 is 0 Å². The second-order valence-electron chi connectivity index (χ2n) is 10.1. The molecule has 1 saturated heterocycles. The predicted molar refractivity (Wildman–Crippen MR) is 125 cm³/mol. The van der Waals surface area contributed by atoms with E-state index in [-0.39, 0.29) is 5.56 Å². The van der Waals surface area contributed by atoms with Gasteiger partial charge in [-0.25, -0.2) is 4.98 Å². The van der Waals surface area contributed by atoms with Gasteiger partial charge in [0.25, 0.3) is 5.56 Å². The van der Waals surface area contributed by atoms with Crippen LogP contribution in [-0.2, 0) is 12.8 Å². The second kappa shape index (κ2) is 7.33. The summed E-state index contributed by atoms with van der Waals surface area (Å²) in [6.07, 6.45) is 10.2. The van der Waals surface area contributed by atoms with Gasteiger partial charge < -0.3 is 9.88 Å². The number of fused-ring (bicyclic) bond motifs is 1. The van der Waals surface area contributed by atoms with E-state index >= 15 is 0 Å². The normalized spacial score (nSPS) is 24.9. The number of piperazine rings is 1. The number of anilines is 1. The second-order valence-corrected chi connectivity index (χ2v) is 10.1. The molecule has 3 aliphatic carbocycles. The molecule has 1 spiro atoms. The Kier molecular flexibility index (Phi) is 4.57. The SMILES string of the molecule is Cc1ccccc1N1CCN([C@H]2C=C(c3nc4c(c(=O)[nH]3)CC3(CC4)CC3)CC2)CC1. The third-order valence-electron chi connectivity index (χ3n) is 8.15. The highest BCUT2D eigenvalue weighted by molar-refractivity contribution is 5.63. The molecule has 2 fully saturated rings. The lowest BCUT2D eigenvalue weighted by Gasteiger charge is -2.39. The van der Waals surface area contributed by atoms with Crippen molar-refractivity contribution in [2.24, 2.45) is 5.41 Å². The van der Waals surface area contributed by atoms with E-state index < -0.39 is 0 Å². The quantitative estimate of drug-likeness (QED) is 0.829. The molecular weight excluding hydrogens is 384 g/mol. The highest BCUT2D eigenvalue weighted by atomic mass is 16.1. The maximum atomic E-state index is 12.8. The molecule has 4 aliphatic rings. The Bertz CT molecular complexity index is 1090. The van der Waals surface area contributed by atoms with Crippen molar-refractivity contribution < 1.29 is 0 Å². The number of H-pyrrole nitrogens is 1. The molecular formula is C26H32N4O. The lowest BCUT2D eigenvalue weighted by molar-refractivity contribution is 0.214. The van der Waals surface area contributed by atoms with Gasteiger partial charge in [-0.05, 0) is 74.5 Å². The minimum atomic E-state index is 0.113. The highest BCUT2D eigenvalue weighted by Gasteiger charge is 2.45. The first-order chi connectivity index (χ1) is 15.1. The first-order valence-corrected chi connectivity index (χ1v) is 12.0. The van der Waals surface area contributed by atoms with Gasteiger partial charge in [0.15, 0.2) is 0 Å². The number of aromatic nitrogens is 2. The van der Waals surface area contributed by atoms with Crippen LogP contribution in [0.5, 0.6) is 0 Å². The zero-order valence-electron chi connectivity index (χ0n) is 18.5. The van der Waals surface area contributed by atoms with E-state index in [2.05, 4.69) is 52.0 Å². The minimum Gasteiger partial charge on any atom is -0.369 e. The molecule has 1 aromatic carbocycles. The average molecular weight is 417 g/mol. The van der Waals surface area contributed by atoms with Crippen molar-refractivity contribution in [3.63, 3.8) is 0 Å². The standard InChI is InChI=1S/C26H32N4O/c1-18-4-2-3-5-23(18)30-14-12-29(13-15-30)20-7-6-19(16-20)24-27-22-8-9-26(10-11-26)17-21(22)25(31)28-24/h2-5,16,20H,6-15,17H2,1H3,(H,27,28,31)/t20-/m1/s1. The van der Waals surface area contributed by atoms with E-state index in [1.807, 2.05) is 0 Å². The van der Waals surface area contributed by atoms with Crippen LogP contribution >= 0.6 is 0 Å². The molecule has 31 heavy (non-hydrogen) atoms. The number of benzene rings is 1. The van der Waals surface area contributed by atoms with E-state index in [9.17, 15) is 4.79 Å². The van der Waals surface area contributed by atoms with Crippen molar-refractivity contribution in [2.45, 2.75) is 57.9 Å². The van der Waals surface area contributed by atoms with Crippen LogP contribution in [0.1, 0.15) is 54.7 Å². The van der Waals surface area contributed by atoms with Crippen LogP contribution in [0.2, 0.25) is 0 Å². The molecule has 1 N–H and O–H groups in total. The van der Waals surface area contributed by atoms with E-state index in [0.717, 1.165) is 68.9 Å². The zero-order chi connectivity index (χ0) is 21.0. The van der Waals surface area contributed by atoms with Crippen LogP contribution in [0.25, 0.3) is 5.57 Å². The lowest BCUT2D eigenvalue weighted by atomic mass is 9.84. The molecule has 0 bridgehead atoms. The molecule has 0 amide bonds. The first-order valence-electron chi connectivity index (χ1n) is 12.0. The number of aryl methyl sites for hydroxylation is 2. The average Bonchev–Trinajstić information content (AvgIpc) is 3.35. The Hall–Kier alpha value is -2.40. The van der Waals surface area contributed by atoms with Crippen molar-refractivity contribution >= 4 is 11.3 Å². The van der Waals surface area contributed by atoms with Crippen LogP contribution in [0.15, 0.2) is 35.1 Å². The Morgan fingerprint density at radius 3 is 2.65 bits per heavy atom. The van der Waals surface area contributed by atoms with Crippen LogP contribution in [-0.4, -0.2) is 47.1 Å². The van der Waals surface area contributed by atoms with Crippen molar-refractivity contribution in [1.29, 1.82) is 0 Å². The Morgan fingerprint density at radius 1 is 1.06 bits per heavy atom. The summed E-state index contributed by atoms with van der Waals surface area (Å²) in [6.45, 7) is 6.50. The van der Waals surface area contributed by atoms with E-state index in [0.29, 0.717) is 11.5 Å². The molecule has 0 radical (unpaired) electrons. The minimum absolute atomic E-state index is 0.113. The number of rotatable bonds is 3. The number of allylic oxidation sites excluding steroid dienone is 1. The third kappa shape index (κ3) is 3.53. The monoisotopic (exact) mass is 416 g/mol. The maximum Gasteiger partial charge on any atom is 0.254 e. The summed E-state index contributed by atoms with van der Waals surface area (Å²) >= 11 is 0. The molecule has 1 aromatic heterocycles. The van der Waals surface area contributed by atoms with Gasteiger partial charge in [0.1, 0.15) is 5.82 Å². The molecule has 5 heteroatoms. The fraction of sp³-hybridized carbons (Fsp3) is 0.538. The lowest BCUT2D eigenvalue weighted by Crippen LogP contribution is -2.49. The number of aromatic amines is 1. The molecule has 0 unspecified atom stereocenters. The summed E-state index contributed by atoms with van der Waals surface area (Å²) in [6, 6.07) is 9.15. The molecule has 1 aliphatic heterocycles. The number of nitrogens with one attached hydrogen (secondary N) is 1. The number of para-hydroxylation sites is 1. The summed E-state index contributed by atoms with van der Waals surface area (Å²) in [4.78, 5) is 26.0. The van der Waals surface area contributed by atoms with E-state index in [4.69, 9.17) is 4.98 Å². The van der Waals surface area contributed by atoms with Gasteiger partial charge in [-0.2, -0.15) is 0 Å². The molecule has 2 heterocycles. The van der Waals surface area contributed by atoms with Crippen molar-refractivity contribution in [3.8, 4) is 0 Å². The van der Waals surface area contributed by atoms with E-state index in [1.54, 1.807) is 0 Å². The van der Waals surface area contributed by atoms with Gasteiger partial charge in [0.2, 0.25) is 0 Å². The van der Waals surface area contributed by atoms with Gasteiger partial charge in [0.05, 0.1) is 5.69 Å². The largest absolute Gasteiger partial charge is 0.369 e. The number of hydrogen-bond acceptors (Lipinski definition) is 4. The highest BCUT2D eigenvalue weighted by Crippen LogP contribution is 2.53. The van der Waals surface area contributed by atoms with E-state index in [1.165, 1.54) is 36.1 Å². The molecule has 1 saturated carbocycles. The molecule has 6 rings (SSSR count). The number of nitrogens with zero attached hydrogens (tertiary/aromatic N) is 3. The van der Waals surface area contributed by atoms with Crippen LogP contribution in [0.4, 0.5) is 5.69 Å². The molecule has 1 atom stereocenters. The topological polar surface area (TPSA) is 52.2 Å². The summed E-state index contributed by atoms with van der Waals surface area (Å²) in [5.41, 5.74) is 6.55. The zero-order valence-corrected chi connectivity index (χ0v) is 18.5. The van der Waals surface area contributed by atoms with Crippen molar-refractivity contribution in [1.82, 2.24) is 14.9 Å². The van der Waals surface area contributed by atoms with Gasteiger partial charge in [-0.15, -0.1) is 0 Å². The van der Waals surface area contributed by atoms with Crippen LogP contribution < -0.4 is 10.5 Å². The van der Waals surface area contributed by atoms with Crippen LogP contribution in [0.3, 0.4) is 0 Å². The smallest absolute Gasteiger partial charge is 0.254 e. The summed E-state index contributed by atoms with van der Waals surface area (Å²) in [5.74, 6) is 0.830. The third-order valence-corrected chi connectivity index (χ3v) is 8.15. The predicted octanol–water partition coefficient (Wildman–Crippen LogP) is 3.72. The Balaban J connectivity index is 1.15. The van der Waals surface area contributed by atoms with Gasteiger partial charge in [-0.1, -0.05) is 24.3 Å². The van der Waals surface area contributed by atoms with Crippen LogP contribution in [0, 0.1) is 12.3 Å². The first kappa shape index (κ1) is 19.3. The van der Waals surface area contributed by atoms with Crippen molar-refractivity contribution in [2.75, 3.05) is 31.1 Å². The van der Waals surface area contributed by atoms with Gasteiger partial charge in [-0.3, -0.25) is 9.69 Å². The Morgan fingerprint density at radius 2 is 1.87 bits per heavy atom. The van der Waals surface area contributed by atoms with Crippen molar-refractivity contribution in [3.05, 3.63) is 63.3 Å². The summed E-state index contributed by atoms with van der Waals surface area (Å²) in [7, 11) is 0. The molecule has 2 aromatic rings.